The first-order valence-corrected chi connectivity index (χ1v) is 4.69. The maximum atomic E-state index is 10.3. The molecule has 0 aliphatic rings. The Bertz CT molecular complexity index is 469. The molecule has 0 N–H and O–H groups in total. The van der Waals surface area contributed by atoms with E-state index in [0.717, 1.165) is 22.8 Å². The predicted octanol–water partition coefficient (Wildman–Crippen LogP) is 1.43. The van der Waals surface area contributed by atoms with Crippen molar-refractivity contribution in [2.24, 2.45) is 0 Å². The van der Waals surface area contributed by atoms with Crippen LogP contribution in [0.2, 0.25) is 0 Å². The van der Waals surface area contributed by atoms with Gasteiger partial charge in [0.25, 0.3) is 0 Å². The second-order valence-corrected chi connectivity index (χ2v) is 3.12. The first-order chi connectivity index (χ1) is 6.86. The van der Waals surface area contributed by atoms with Crippen LogP contribution in [0.25, 0.3) is 11.0 Å². The van der Waals surface area contributed by atoms with E-state index < -0.39 is 0 Å². The molecule has 3 nitrogen and oxygen atoms in total. The highest BCUT2D eigenvalue weighted by molar-refractivity contribution is 6.66. The summed E-state index contributed by atoms with van der Waals surface area (Å²) in [6.45, 7) is 0. The third kappa shape index (κ3) is 1.42. The number of carbonyl (C=O) groups excluding carboxylic acids is 1. The van der Waals surface area contributed by atoms with Crippen molar-refractivity contribution in [1.29, 1.82) is 0 Å². The fourth-order valence-corrected chi connectivity index (χ4v) is 1.65. The summed E-state index contributed by atoms with van der Waals surface area (Å²) in [7, 11) is 1.42. The molecule has 0 aromatic carbocycles. The van der Waals surface area contributed by atoms with Crippen molar-refractivity contribution in [2.45, 2.75) is 5.88 Å². The number of hydrogen-bond donors (Lipinski definition) is 0. The Balaban J connectivity index is 2.63. The number of carbonyl (C=O) groups is 1. The van der Waals surface area contributed by atoms with Crippen LogP contribution in [0.1, 0.15) is 5.56 Å². The zero-order chi connectivity index (χ0) is 9.97. The van der Waals surface area contributed by atoms with Gasteiger partial charge < -0.3 is 9.27 Å². The van der Waals surface area contributed by atoms with Gasteiger partial charge in [0, 0.05) is 17.5 Å². The summed E-state index contributed by atoms with van der Waals surface area (Å²) in [4.78, 5) is 14.5. The van der Waals surface area contributed by atoms with Crippen LogP contribution in [-0.2, 0) is 10.7 Å². The molecular weight excluding hydrogens is 198 g/mol. The molecular formula is C9H7BClN2O. The first-order valence-electron chi connectivity index (χ1n) is 4.16. The second kappa shape index (κ2) is 3.84. The fraction of sp³-hybridized carbons (Fsp3) is 0.111. The van der Waals surface area contributed by atoms with Crippen molar-refractivity contribution in [3.05, 3.63) is 30.1 Å². The number of halogens is 1. The van der Waals surface area contributed by atoms with E-state index in [-0.39, 0.29) is 0 Å². The van der Waals surface area contributed by atoms with E-state index >= 15 is 0 Å². The SMILES string of the molecule is O=C[B]n1ccc2c(CCl)ccnc21. The van der Waals surface area contributed by atoms with Gasteiger partial charge in [-0.3, -0.25) is 0 Å². The lowest BCUT2D eigenvalue weighted by Gasteiger charge is -1.99. The van der Waals surface area contributed by atoms with Crippen LogP contribution in [-0.4, -0.2) is 23.1 Å². The average Bonchev–Trinajstić information content (AvgIpc) is 2.62. The van der Waals surface area contributed by atoms with E-state index in [9.17, 15) is 4.79 Å². The number of hydrogen-bond acceptors (Lipinski definition) is 2. The molecule has 0 atom stereocenters. The standard InChI is InChI=1S/C9H7BClN2O/c11-5-7-1-3-12-9-8(7)2-4-13(9)10-6-14/h1-4,6H,5H2. The number of fused-ring (bicyclic) bond motifs is 1. The van der Waals surface area contributed by atoms with Crippen molar-refractivity contribution in [1.82, 2.24) is 9.46 Å². The van der Waals surface area contributed by atoms with E-state index in [1.165, 1.54) is 7.41 Å². The van der Waals surface area contributed by atoms with Crippen LogP contribution < -0.4 is 0 Å². The summed E-state index contributed by atoms with van der Waals surface area (Å²) in [6.07, 6.45) is 4.21. The Morgan fingerprint density at radius 1 is 1.57 bits per heavy atom. The lowest BCUT2D eigenvalue weighted by molar-refractivity contribution is 0.568. The van der Waals surface area contributed by atoms with Crippen molar-refractivity contribution in [3.8, 4) is 0 Å². The van der Waals surface area contributed by atoms with Crippen LogP contribution in [0.4, 0.5) is 0 Å². The minimum atomic E-state index is 0.449. The van der Waals surface area contributed by atoms with Gasteiger partial charge in [0.1, 0.15) is 11.8 Å². The molecule has 0 aliphatic carbocycles. The molecule has 2 rings (SSSR count). The molecule has 2 aromatic rings. The molecule has 0 unspecified atom stereocenters. The molecule has 2 heterocycles. The Morgan fingerprint density at radius 3 is 3.14 bits per heavy atom. The topological polar surface area (TPSA) is 34.9 Å². The van der Waals surface area contributed by atoms with E-state index in [1.54, 1.807) is 16.9 Å². The van der Waals surface area contributed by atoms with Gasteiger partial charge in [-0.1, -0.05) is 0 Å². The van der Waals surface area contributed by atoms with Gasteiger partial charge in [0.15, 0.2) is 0 Å². The maximum Gasteiger partial charge on any atom is 0.334 e. The molecule has 0 bridgehead atoms. The third-order valence-electron chi connectivity index (χ3n) is 2.07. The summed E-state index contributed by atoms with van der Waals surface area (Å²) in [5.74, 6) is 0.449. The fourth-order valence-electron chi connectivity index (χ4n) is 1.42. The molecule has 0 spiro atoms. The van der Waals surface area contributed by atoms with Crippen LogP contribution >= 0.6 is 11.6 Å². The van der Waals surface area contributed by atoms with Crippen molar-refractivity contribution < 1.29 is 4.79 Å². The summed E-state index contributed by atoms with van der Waals surface area (Å²) < 4.78 is 1.68. The molecule has 2 aromatic heterocycles. The van der Waals surface area contributed by atoms with Crippen LogP contribution in [0, 0.1) is 0 Å². The monoisotopic (exact) mass is 205 g/mol. The van der Waals surface area contributed by atoms with Crippen molar-refractivity contribution in [2.75, 3.05) is 0 Å². The van der Waals surface area contributed by atoms with Gasteiger partial charge in [0.2, 0.25) is 0 Å². The van der Waals surface area contributed by atoms with E-state index in [4.69, 9.17) is 11.6 Å². The Hall–Kier alpha value is -1.29. The zero-order valence-electron chi connectivity index (χ0n) is 7.35. The van der Waals surface area contributed by atoms with Gasteiger partial charge in [0.05, 0.1) is 0 Å². The Labute approximate surface area is 87.0 Å². The van der Waals surface area contributed by atoms with Crippen molar-refractivity contribution >= 4 is 36.2 Å². The molecule has 0 saturated heterocycles. The summed E-state index contributed by atoms with van der Waals surface area (Å²) in [5, 5.41) is 0.987. The van der Waals surface area contributed by atoms with Gasteiger partial charge in [-0.05, 0) is 23.9 Å². The number of alkyl halides is 1. The summed E-state index contributed by atoms with van der Waals surface area (Å²) in [6, 6.07) is 3.78. The highest BCUT2D eigenvalue weighted by Gasteiger charge is 2.05. The van der Waals surface area contributed by atoms with Crippen LogP contribution in [0.5, 0.6) is 0 Å². The minimum absolute atomic E-state index is 0.449. The lowest BCUT2D eigenvalue weighted by atomic mass is 9.99. The van der Waals surface area contributed by atoms with Gasteiger partial charge in [-0.25, -0.2) is 4.98 Å². The maximum absolute atomic E-state index is 10.3. The minimum Gasteiger partial charge on any atom is -0.373 e. The quantitative estimate of drug-likeness (QED) is 0.432. The highest BCUT2D eigenvalue weighted by Crippen LogP contribution is 2.18. The molecule has 0 fully saturated rings. The zero-order valence-corrected chi connectivity index (χ0v) is 8.11. The first kappa shape index (κ1) is 9.28. The van der Waals surface area contributed by atoms with Crippen molar-refractivity contribution in [3.63, 3.8) is 0 Å². The molecule has 0 saturated carbocycles. The van der Waals surface area contributed by atoms with E-state index in [1.807, 2.05) is 12.1 Å². The molecule has 0 amide bonds. The number of pyridine rings is 1. The molecule has 69 valence electrons. The smallest absolute Gasteiger partial charge is 0.334 e. The lowest BCUT2D eigenvalue weighted by Crippen LogP contribution is -2.06. The molecule has 5 heteroatoms. The van der Waals surface area contributed by atoms with Gasteiger partial charge in [-0.2, -0.15) is 0 Å². The molecule has 1 radical (unpaired) electrons. The Kier molecular flexibility index (Phi) is 2.54. The number of aromatic nitrogens is 2. The second-order valence-electron chi connectivity index (χ2n) is 2.85. The largest absolute Gasteiger partial charge is 0.373 e. The third-order valence-corrected chi connectivity index (χ3v) is 2.36. The number of rotatable bonds is 3. The van der Waals surface area contributed by atoms with E-state index in [0.29, 0.717) is 5.88 Å². The van der Waals surface area contributed by atoms with Gasteiger partial charge >= 0.3 is 7.41 Å². The average molecular weight is 205 g/mol. The summed E-state index contributed by atoms with van der Waals surface area (Å²) in [5.41, 5.74) is 1.78. The number of nitrogens with zero attached hydrogens (tertiary/aromatic N) is 2. The van der Waals surface area contributed by atoms with Gasteiger partial charge in [-0.15, -0.1) is 11.6 Å². The highest BCUT2D eigenvalue weighted by atomic mass is 35.5. The predicted molar refractivity (Wildman–Crippen MR) is 57.2 cm³/mol. The van der Waals surface area contributed by atoms with Crippen LogP contribution in [0.15, 0.2) is 24.5 Å². The Morgan fingerprint density at radius 2 is 2.43 bits per heavy atom. The molecule has 0 aliphatic heterocycles. The van der Waals surface area contributed by atoms with E-state index in [2.05, 4.69) is 4.98 Å². The van der Waals surface area contributed by atoms with Crippen LogP contribution in [0.3, 0.4) is 0 Å². The molecule has 14 heavy (non-hydrogen) atoms. The summed E-state index contributed by atoms with van der Waals surface area (Å²) >= 11 is 5.78. The normalized spacial score (nSPS) is 10.4.